The monoisotopic (exact) mass is 381 g/mol. The molecule has 1 amide bonds. The fourth-order valence-electron chi connectivity index (χ4n) is 5.67. The number of ether oxygens (including phenoxy) is 2. The van der Waals surface area contributed by atoms with E-state index in [2.05, 4.69) is 5.16 Å². The van der Waals surface area contributed by atoms with Crippen LogP contribution in [-0.4, -0.2) is 40.8 Å². The summed E-state index contributed by atoms with van der Waals surface area (Å²) in [5, 5.41) is 4.22. The third kappa shape index (κ3) is 2.45. The van der Waals surface area contributed by atoms with Gasteiger partial charge in [0.2, 0.25) is 24.4 Å². The van der Waals surface area contributed by atoms with Crippen LogP contribution in [0.25, 0.3) is 11.4 Å². The van der Waals surface area contributed by atoms with Crippen LogP contribution < -0.4 is 9.47 Å². The Morgan fingerprint density at radius 3 is 2.79 bits per heavy atom. The fraction of sp³-hybridized carbons (Fsp3) is 0.571. The first kappa shape index (κ1) is 16.4. The first-order valence-corrected chi connectivity index (χ1v) is 10.3. The van der Waals surface area contributed by atoms with Gasteiger partial charge in [-0.2, -0.15) is 4.98 Å². The topological polar surface area (TPSA) is 77.7 Å². The van der Waals surface area contributed by atoms with Crippen molar-refractivity contribution in [3.63, 3.8) is 0 Å². The molecule has 1 aromatic heterocycles. The van der Waals surface area contributed by atoms with E-state index in [0.29, 0.717) is 35.2 Å². The van der Waals surface area contributed by atoms with Crippen LogP contribution in [0.1, 0.15) is 43.9 Å². The molecule has 6 rings (SSSR count). The van der Waals surface area contributed by atoms with Crippen LogP contribution in [0.5, 0.6) is 11.5 Å². The summed E-state index contributed by atoms with van der Waals surface area (Å²) >= 11 is 0. The average molecular weight is 381 g/mol. The van der Waals surface area contributed by atoms with E-state index in [1.807, 2.05) is 23.1 Å². The molecular weight excluding hydrogens is 358 g/mol. The predicted octanol–water partition coefficient (Wildman–Crippen LogP) is 3.22. The summed E-state index contributed by atoms with van der Waals surface area (Å²) in [6.45, 7) is 2.03. The van der Waals surface area contributed by atoms with E-state index in [0.717, 1.165) is 56.5 Å². The molecule has 2 aromatic rings. The third-order valence-electron chi connectivity index (χ3n) is 6.98. The number of amides is 1. The van der Waals surface area contributed by atoms with Crippen molar-refractivity contribution in [2.75, 3.05) is 19.9 Å². The summed E-state index contributed by atoms with van der Waals surface area (Å²) in [6, 6.07) is 5.66. The van der Waals surface area contributed by atoms with Gasteiger partial charge in [0.15, 0.2) is 11.5 Å². The lowest BCUT2D eigenvalue weighted by Gasteiger charge is -2.30. The zero-order chi connectivity index (χ0) is 18.7. The second-order valence-corrected chi connectivity index (χ2v) is 8.44. The maximum absolute atomic E-state index is 13.2. The highest BCUT2D eigenvalue weighted by Crippen LogP contribution is 2.57. The standard InChI is InChI=1S/C21H23N3O4/c25-21(24-7-1-2-8-24)18-13-4-3-12(9-13)17(18)20-22-19(23-28-20)14-5-6-15-16(10-14)27-11-26-15/h5-6,10,12-13,17-18H,1-4,7-9,11H2/t12-,13+,17+,18+/m1/s1. The van der Waals surface area contributed by atoms with E-state index < -0.39 is 0 Å². The molecule has 0 N–H and O–H groups in total. The minimum atomic E-state index is 0.00176. The summed E-state index contributed by atoms with van der Waals surface area (Å²) in [4.78, 5) is 20.0. The Balaban J connectivity index is 1.30. The number of nitrogens with zero attached hydrogens (tertiary/aromatic N) is 3. The zero-order valence-corrected chi connectivity index (χ0v) is 15.7. The average Bonchev–Trinajstić information content (AvgIpc) is 3.52. The molecule has 7 nitrogen and oxygen atoms in total. The third-order valence-corrected chi connectivity index (χ3v) is 6.98. The first-order valence-electron chi connectivity index (χ1n) is 10.3. The molecule has 2 aliphatic heterocycles. The molecular formula is C21H23N3O4. The van der Waals surface area contributed by atoms with E-state index in [4.69, 9.17) is 19.0 Å². The summed E-state index contributed by atoms with van der Waals surface area (Å²) in [7, 11) is 0. The van der Waals surface area contributed by atoms with Gasteiger partial charge in [-0.05, 0) is 62.1 Å². The van der Waals surface area contributed by atoms with Crippen LogP contribution in [-0.2, 0) is 4.79 Å². The largest absolute Gasteiger partial charge is 0.454 e. The van der Waals surface area contributed by atoms with Gasteiger partial charge in [-0.25, -0.2) is 0 Å². The molecule has 2 saturated carbocycles. The van der Waals surface area contributed by atoms with Crippen LogP contribution in [0.2, 0.25) is 0 Å². The molecule has 3 heterocycles. The second-order valence-electron chi connectivity index (χ2n) is 8.44. The van der Waals surface area contributed by atoms with Gasteiger partial charge in [-0.1, -0.05) is 5.16 Å². The minimum Gasteiger partial charge on any atom is -0.454 e. The predicted molar refractivity (Wildman–Crippen MR) is 98.7 cm³/mol. The van der Waals surface area contributed by atoms with Crippen LogP contribution in [0.4, 0.5) is 0 Å². The van der Waals surface area contributed by atoms with Gasteiger partial charge in [0.1, 0.15) is 0 Å². The number of rotatable bonds is 3. The van der Waals surface area contributed by atoms with Crippen molar-refractivity contribution >= 4 is 5.91 Å². The molecule has 4 atom stereocenters. The lowest BCUT2D eigenvalue weighted by molar-refractivity contribution is -0.137. The Labute approximate surface area is 163 Å². The Kier molecular flexibility index (Phi) is 3.64. The second kappa shape index (κ2) is 6.22. The molecule has 2 aliphatic carbocycles. The van der Waals surface area contributed by atoms with Crippen LogP contribution >= 0.6 is 0 Å². The van der Waals surface area contributed by atoms with E-state index in [1.165, 1.54) is 0 Å². The first-order chi connectivity index (χ1) is 13.8. The SMILES string of the molecule is O=C([C@H]1[C@H]2CC[C@H](C2)[C@@H]1c1nc(-c2ccc3c(c2)OCO3)no1)N1CCCC1. The Bertz CT molecular complexity index is 920. The van der Waals surface area contributed by atoms with Crippen LogP contribution in [0.15, 0.2) is 22.7 Å². The number of benzene rings is 1. The molecule has 3 fully saturated rings. The number of carbonyl (C=O) groups is 1. The minimum absolute atomic E-state index is 0.00176. The highest BCUT2D eigenvalue weighted by molar-refractivity contribution is 5.81. The lowest BCUT2D eigenvalue weighted by Crippen LogP contribution is -2.39. The molecule has 28 heavy (non-hydrogen) atoms. The summed E-state index contributed by atoms with van der Waals surface area (Å²) in [5.41, 5.74) is 0.838. The molecule has 7 heteroatoms. The Hall–Kier alpha value is -2.57. The highest BCUT2D eigenvalue weighted by atomic mass is 16.7. The molecule has 146 valence electrons. The molecule has 1 aromatic carbocycles. The van der Waals surface area contributed by atoms with Crippen LogP contribution in [0, 0.1) is 17.8 Å². The fourth-order valence-corrected chi connectivity index (χ4v) is 5.67. The van der Waals surface area contributed by atoms with Gasteiger partial charge < -0.3 is 18.9 Å². The van der Waals surface area contributed by atoms with Crippen molar-refractivity contribution in [2.45, 2.75) is 38.0 Å². The van der Waals surface area contributed by atoms with Crippen molar-refractivity contribution < 1.29 is 18.8 Å². The molecule has 0 spiro atoms. The van der Waals surface area contributed by atoms with Gasteiger partial charge in [-0.3, -0.25) is 4.79 Å². The van der Waals surface area contributed by atoms with Crippen molar-refractivity contribution in [3.05, 3.63) is 24.1 Å². The van der Waals surface area contributed by atoms with Gasteiger partial charge in [0.25, 0.3) is 0 Å². The number of fused-ring (bicyclic) bond motifs is 3. The molecule has 1 saturated heterocycles. The number of hydrogen-bond acceptors (Lipinski definition) is 6. The molecule has 4 aliphatic rings. The molecule has 0 unspecified atom stereocenters. The summed E-state index contributed by atoms with van der Waals surface area (Å²) < 4.78 is 16.5. The smallest absolute Gasteiger partial charge is 0.231 e. The van der Waals surface area contributed by atoms with Crippen molar-refractivity contribution in [1.29, 1.82) is 0 Å². The Morgan fingerprint density at radius 2 is 1.89 bits per heavy atom. The van der Waals surface area contributed by atoms with E-state index in [-0.39, 0.29) is 18.6 Å². The van der Waals surface area contributed by atoms with E-state index >= 15 is 0 Å². The zero-order valence-electron chi connectivity index (χ0n) is 15.7. The molecule has 0 radical (unpaired) electrons. The van der Waals surface area contributed by atoms with Crippen molar-refractivity contribution in [1.82, 2.24) is 15.0 Å². The number of aromatic nitrogens is 2. The summed E-state index contributed by atoms with van der Waals surface area (Å²) in [6.07, 6.45) is 5.64. The van der Waals surface area contributed by atoms with Crippen LogP contribution in [0.3, 0.4) is 0 Å². The van der Waals surface area contributed by atoms with Gasteiger partial charge >= 0.3 is 0 Å². The Morgan fingerprint density at radius 1 is 1.07 bits per heavy atom. The number of carbonyl (C=O) groups excluding carboxylic acids is 1. The van der Waals surface area contributed by atoms with Gasteiger partial charge in [-0.15, -0.1) is 0 Å². The van der Waals surface area contributed by atoms with Crippen molar-refractivity contribution in [2.24, 2.45) is 17.8 Å². The molecule has 2 bridgehead atoms. The summed E-state index contributed by atoms with van der Waals surface area (Å²) in [5.74, 6) is 3.90. The van der Waals surface area contributed by atoms with E-state index in [1.54, 1.807) is 0 Å². The van der Waals surface area contributed by atoms with Crippen molar-refractivity contribution in [3.8, 4) is 22.9 Å². The maximum atomic E-state index is 13.2. The normalized spacial score (nSPS) is 30.4. The lowest BCUT2D eigenvalue weighted by atomic mass is 9.78. The quantitative estimate of drug-likeness (QED) is 0.812. The highest BCUT2D eigenvalue weighted by Gasteiger charge is 2.54. The number of hydrogen-bond donors (Lipinski definition) is 0. The van der Waals surface area contributed by atoms with Gasteiger partial charge in [0, 0.05) is 18.7 Å². The maximum Gasteiger partial charge on any atom is 0.231 e. The number of likely N-dealkylation sites (tertiary alicyclic amines) is 1. The van der Waals surface area contributed by atoms with E-state index in [9.17, 15) is 4.79 Å². The van der Waals surface area contributed by atoms with Gasteiger partial charge in [0.05, 0.1) is 11.8 Å².